The van der Waals surface area contributed by atoms with Gasteiger partial charge in [-0.1, -0.05) is 19.1 Å². The highest BCUT2D eigenvalue weighted by Crippen LogP contribution is 2.25. The van der Waals surface area contributed by atoms with Gasteiger partial charge in [0.1, 0.15) is 17.1 Å². The maximum atomic E-state index is 11.5. The molecule has 0 saturated heterocycles. The Morgan fingerprint density at radius 2 is 1.70 bits per heavy atom. The first kappa shape index (κ1) is 13.8. The molecular weight excluding hydrogens is 256 g/mol. The Morgan fingerprint density at radius 1 is 1.05 bits per heavy atom. The molecule has 0 aliphatic heterocycles. The van der Waals surface area contributed by atoms with E-state index in [1.54, 1.807) is 49.4 Å². The van der Waals surface area contributed by atoms with E-state index in [4.69, 9.17) is 9.84 Å². The largest absolute Gasteiger partial charge is 0.478 e. The maximum absolute atomic E-state index is 11.5. The summed E-state index contributed by atoms with van der Waals surface area (Å²) in [7, 11) is 0. The molecule has 2 aromatic rings. The molecule has 0 bridgehead atoms. The number of hydrogen-bond donors (Lipinski definition) is 1. The summed E-state index contributed by atoms with van der Waals surface area (Å²) >= 11 is 0. The van der Waals surface area contributed by atoms with Crippen LogP contribution in [0.4, 0.5) is 0 Å². The molecule has 0 heterocycles. The number of Topliss-reactive ketones (excluding diaryl/α,β-unsaturated/α-hetero) is 1. The molecule has 0 aliphatic carbocycles. The predicted molar refractivity (Wildman–Crippen MR) is 74.5 cm³/mol. The van der Waals surface area contributed by atoms with Gasteiger partial charge in [0, 0.05) is 12.0 Å². The van der Waals surface area contributed by atoms with Crippen molar-refractivity contribution in [3.8, 4) is 11.5 Å². The van der Waals surface area contributed by atoms with E-state index in [1.165, 1.54) is 6.07 Å². The van der Waals surface area contributed by atoms with Crippen LogP contribution in [0.25, 0.3) is 0 Å². The van der Waals surface area contributed by atoms with Crippen molar-refractivity contribution in [2.24, 2.45) is 0 Å². The van der Waals surface area contributed by atoms with Crippen molar-refractivity contribution in [3.63, 3.8) is 0 Å². The van der Waals surface area contributed by atoms with Gasteiger partial charge in [0.15, 0.2) is 5.78 Å². The van der Waals surface area contributed by atoms with Crippen LogP contribution in [0.2, 0.25) is 0 Å². The number of carbonyl (C=O) groups excluding carboxylic acids is 1. The number of rotatable bonds is 5. The van der Waals surface area contributed by atoms with E-state index >= 15 is 0 Å². The van der Waals surface area contributed by atoms with Gasteiger partial charge in [-0.25, -0.2) is 4.79 Å². The highest BCUT2D eigenvalue weighted by molar-refractivity contribution is 5.96. The van der Waals surface area contributed by atoms with E-state index in [2.05, 4.69) is 0 Å². The molecule has 4 heteroatoms. The lowest BCUT2D eigenvalue weighted by Crippen LogP contribution is -2.00. The van der Waals surface area contributed by atoms with Crippen molar-refractivity contribution in [2.45, 2.75) is 13.3 Å². The second-order valence-corrected chi connectivity index (χ2v) is 4.20. The van der Waals surface area contributed by atoms with Gasteiger partial charge in [0.05, 0.1) is 0 Å². The summed E-state index contributed by atoms with van der Waals surface area (Å²) < 4.78 is 5.55. The summed E-state index contributed by atoms with van der Waals surface area (Å²) in [6, 6.07) is 13.1. The van der Waals surface area contributed by atoms with E-state index in [9.17, 15) is 9.59 Å². The number of carboxylic acid groups (broad SMARTS) is 1. The van der Waals surface area contributed by atoms with Gasteiger partial charge in [0.25, 0.3) is 0 Å². The standard InChI is InChI=1S/C16H14O4/c1-2-14(17)11-7-9-12(10-8-11)20-15-6-4-3-5-13(15)16(18)19/h3-10H,2H2,1H3,(H,18,19). The number of hydrogen-bond acceptors (Lipinski definition) is 3. The van der Waals surface area contributed by atoms with Crippen LogP contribution in [0, 0.1) is 0 Å². The van der Waals surface area contributed by atoms with Crippen molar-refractivity contribution in [2.75, 3.05) is 0 Å². The third-order valence-electron chi connectivity index (χ3n) is 2.84. The van der Waals surface area contributed by atoms with Gasteiger partial charge < -0.3 is 9.84 Å². The van der Waals surface area contributed by atoms with Gasteiger partial charge in [-0.15, -0.1) is 0 Å². The number of ketones is 1. The lowest BCUT2D eigenvalue weighted by Gasteiger charge is -2.08. The lowest BCUT2D eigenvalue weighted by atomic mass is 10.1. The zero-order valence-electron chi connectivity index (χ0n) is 11.0. The van der Waals surface area contributed by atoms with Crippen molar-refractivity contribution >= 4 is 11.8 Å². The van der Waals surface area contributed by atoms with E-state index < -0.39 is 5.97 Å². The first-order chi connectivity index (χ1) is 9.61. The quantitative estimate of drug-likeness (QED) is 0.840. The third-order valence-corrected chi connectivity index (χ3v) is 2.84. The summed E-state index contributed by atoms with van der Waals surface area (Å²) in [6.07, 6.45) is 0.446. The molecule has 0 aromatic heterocycles. The van der Waals surface area contributed by atoms with Gasteiger partial charge in [-0.2, -0.15) is 0 Å². The predicted octanol–water partition coefficient (Wildman–Crippen LogP) is 3.77. The Bertz CT molecular complexity index is 629. The minimum atomic E-state index is -1.04. The molecule has 102 valence electrons. The minimum Gasteiger partial charge on any atom is -0.478 e. The molecule has 1 N–H and O–H groups in total. The fourth-order valence-electron chi connectivity index (χ4n) is 1.77. The Labute approximate surface area is 116 Å². The molecule has 20 heavy (non-hydrogen) atoms. The molecular formula is C16H14O4. The molecule has 0 fully saturated rings. The topological polar surface area (TPSA) is 63.6 Å². The molecule has 4 nitrogen and oxygen atoms in total. The fraction of sp³-hybridized carbons (Fsp3) is 0.125. The highest BCUT2D eigenvalue weighted by Gasteiger charge is 2.11. The van der Waals surface area contributed by atoms with E-state index in [-0.39, 0.29) is 17.1 Å². The van der Waals surface area contributed by atoms with Crippen LogP contribution in [-0.4, -0.2) is 16.9 Å². The molecule has 0 aliphatic rings. The van der Waals surface area contributed by atoms with E-state index in [0.29, 0.717) is 17.7 Å². The second-order valence-electron chi connectivity index (χ2n) is 4.20. The van der Waals surface area contributed by atoms with Crippen LogP contribution >= 0.6 is 0 Å². The lowest BCUT2D eigenvalue weighted by molar-refractivity contribution is 0.0694. The Morgan fingerprint density at radius 3 is 2.30 bits per heavy atom. The number of para-hydroxylation sites is 1. The number of benzene rings is 2. The van der Waals surface area contributed by atoms with Gasteiger partial charge in [0.2, 0.25) is 0 Å². The minimum absolute atomic E-state index is 0.0579. The van der Waals surface area contributed by atoms with Gasteiger partial charge in [-0.05, 0) is 36.4 Å². The Balaban J connectivity index is 2.23. The van der Waals surface area contributed by atoms with Crippen LogP contribution < -0.4 is 4.74 Å². The highest BCUT2D eigenvalue weighted by atomic mass is 16.5. The average molecular weight is 270 g/mol. The average Bonchev–Trinajstić information content (AvgIpc) is 2.47. The Kier molecular flexibility index (Phi) is 4.15. The van der Waals surface area contributed by atoms with Crippen molar-refractivity contribution in [1.82, 2.24) is 0 Å². The first-order valence-corrected chi connectivity index (χ1v) is 6.25. The van der Waals surface area contributed by atoms with Gasteiger partial charge in [-0.3, -0.25) is 4.79 Å². The van der Waals surface area contributed by atoms with E-state index in [0.717, 1.165) is 0 Å². The fourth-order valence-corrected chi connectivity index (χ4v) is 1.77. The molecule has 0 unspecified atom stereocenters. The zero-order chi connectivity index (χ0) is 14.5. The van der Waals surface area contributed by atoms with Crippen LogP contribution in [-0.2, 0) is 0 Å². The summed E-state index contributed by atoms with van der Waals surface area (Å²) in [5.74, 6) is -0.221. The number of aromatic carboxylic acids is 1. The molecule has 0 spiro atoms. The van der Waals surface area contributed by atoms with Crippen molar-refractivity contribution in [3.05, 3.63) is 59.7 Å². The molecule has 0 radical (unpaired) electrons. The summed E-state index contributed by atoms with van der Waals surface area (Å²) in [4.78, 5) is 22.6. The monoisotopic (exact) mass is 270 g/mol. The summed E-state index contributed by atoms with van der Waals surface area (Å²) in [5, 5.41) is 9.07. The second kappa shape index (κ2) is 6.02. The summed E-state index contributed by atoms with van der Waals surface area (Å²) in [6.45, 7) is 1.80. The SMILES string of the molecule is CCC(=O)c1ccc(Oc2ccccc2C(=O)O)cc1. The van der Waals surface area contributed by atoms with Crippen LogP contribution in [0.5, 0.6) is 11.5 Å². The molecule has 0 saturated carbocycles. The normalized spacial score (nSPS) is 10.1. The van der Waals surface area contributed by atoms with Crippen molar-refractivity contribution < 1.29 is 19.4 Å². The van der Waals surface area contributed by atoms with Gasteiger partial charge >= 0.3 is 5.97 Å². The maximum Gasteiger partial charge on any atom is 0.339 e. The number of carboxylic acids is 1. The number of ether oxygens (including phenoxy) is 1. The molecule has 2 aromatic carbocycles. The molecule has 0 amide bonds. The third kappa shape index (κ3) is 3.03. The van der Waals surface area contributed by atoms with Crippen LogP contribution in [0.15, 0.2) is 48.5 Å². The van der Waals surface area contributed by atoms with E-state index in [1.807, 2.05) is 0 Å². The summed E-state index contributed by atoms with van der Waals surface area (Å²) in [5.41, 5.74) is 0.715. The Hall–Kier alpha value is -2.62. The first-order valence-electron chi connectivity index (χ1n) is 6.25. The molecule has 2 rings (SSSR count). The number of carbonyl (C=O) groups is 2. The smallest absolute Gasteiger partial charge is 0.339 e. The van der Waals surface area contributed by atoms with Crippen molar-refractivity contribution in [1.29, 1.82) is 0 Å². The van der Waals surface area contributed by atoms with Crippen LogP contribution in [0.1, 0.15) is 34.1 Å². The van der Waals surface area contributed by atoms with Crippen LogP contribution in [0.3, 0.4) is 0 Å². The molecule has 0 atom stereocenters. The zero-order valence-corrected chi connectivity index (χ0v) is 11.0.